The van der Waals surface area contributed by atoms with Crippen LogP contribution < -0.4 is 4.74 Å². The Kier molecular flexibility index (Phi) is 6.65. The second kappa shape index (κ2) is 9.43. The topological polar surface area (TPSA) is 47.9 Å². The fraction of sp³-hybridized carbons (Fsp3) is 0.167. The van der Waals surface area contributed by atoms with E-state index in [1.807, 2.05) is 36.4 Å². The Labute approximate surface area is 198 Å². The summed E-state index contributed by atoms with van der Waals surface area (Å²) in [7, 11) is 0. The van der Waals surface area contributed by atoms with Crippen LogP contribution in [-0.4, -0.2) is 18.3 Å². The van der Waals surface area contributed by atoms with Gasteiger partial charge < -0.3 is 9.47 Å². The molecule has 3 aromatic rings. The molecule has 1 unspecified atom stereocenters. The molecule has 0 radical (unpaired) electrons. The van der Waals surface area contributed by atoms with E-state index in [1.165, 1.54) is 0 Å². The molecule has 0 fully saturated rings. The third-order valence-electron chi connectivity index (χ3n) is 4.85. The quantitative estimate of drug-likeness (QED) is 0.340. The lowest BCUT2D eigenvalue weighted by Crippen LogP contribution is -2.21. The Morgan fingerprint density at radius 2 is 1.84 bits per heavy atom. The number of carbonyl (C=O) groups excluding carboxylic acids is 1. The van der Waals surface area contributed by atoms with Crippen LogP contribution >= 0.6 is 39.1 Å². The average Bonchev–Trinajstić information content (AvgIpc) is 2.76. The Morgan fingerprint density at radius 3 is 2.65 bits per heavy atom. The Balaban J connectivity index is 1.80. The van der Waals surface area contributed by atoms with E-state index in [1.54, 1.807) is 31.2 Å². The van der Waals surface area contributed by atoms with Crippen LogP contribution in [0.3, 0.4) is 0 Å². The van der Waals surface area contributed by atoms with E-state index in [-0.39, 0.29) is 6.61 Å². The van der Waals surface area contributed by atoms with E-state index in [0.717, 1.165) is 21.3 Å². The maximum absolute atomic E-state index is 12.5. The lowest BCUT2D eigenvalue weighted by atomic mass is 9.98. The summed E-state index contributed by atoms with van der Waals surface area (Å²) in [5.41, 5.74) is 3.71. The third kappa shape index (κ3) is 4.79. The van der Waals surface area contributed by atoms with Gasteiger partial charge >= 0.3 is 5.97 Å². The van der Waals surface area contributed by atoms with Gasteiger partial charge in [-0.3, -0.25) is 0 Å². The van der Waals surface area contributed by atoms with E-state index in [0.29, 0.717) is 33.3 Å². The number of fused-ring (bicyclic) bond motifs is 1. The summed E-state index contributed by atoms with van der Waals surface area (Å²) in [5.74, 6) is 0.201. The standard InChI is InChI=1S/C24H18BrCl2NO3/c1-2-30-24(29)18-6-4-3-5-17(18)23-28-21(12-14-11-15(26)8-10-20(14)25)19-9-7-16(27)13-22(19)31-23/h3-11,13,23H,2,12H2,1H3. The van der Waals surface area contributed by atoms with E-state index in [4.69, 9.17) is 37.7 Å². The zero-order chi connectivity index (χ0) is 22.0. The highest BCUT2D eigenvalue weighted by Crippen LogP contribution is 2.37. The third-order valence-corrected chi connectivity index (χ3v) is 6.10. The largest absolute Gasteiger partial charge is 0.464 e. The van der Waals surface area contributed by atoms with Crippen LogP contribution in [0.1, 0.15) is 40.2 Å². The van der Waals surface area contributed by atoms with Crippen LogP contribution in [0, 0.1) is 0 Å². The predicted molar refractivity (Wildman–Crippen MR) is 127 cm³/mol. The zero-order valence-electron chi connectivity index (χ0n) is 16.6. The molecule has 31 heavy (non-hydrogen) atoms. The van der Waals surface area contributed by atoms with Crippen molar-refractivity contribution in [1.82, 2.24) is 0 Å². The van der Waals surface area contributed by atoms with E-state index < -0.39 is 12.2 Å². The lowest BCUT2D eigenvalue weighted by molar-refractivity contribution is 0.0520. The smallest absolute Gasteiger partial charge is 0.338 e. The van der Waals surface area contributed by atoms with Crippen LogP contribution in [0.25, 0.3) is 0 Å². The molecule has 1 heterocycles. The van der Waals surface area contributed by atoms with Crippen molar-refractivity contribution in [2.24, 2.45) is 4.99 Å². The Morgan fingerprint density at radius 1 is 1.10 bits per heavy atom. The molecule has 1 aliphatic heterocycles. The fourth-order valence-corrected chi connectivity index (χ4v) is 4.17. The van der Waals surface area contributed by atoms with Gasteiger partial charge in [-0.1, -0.05) is 57.3 Å². The number of benzene rings is 3. The molecule has 0 saturated carbocycles. The maximum Gasteiger partial charge on any atom is 0.338 e. The first kappa shape index (κ1) is 21.9. The number of rotatable bonds is 5. The first-order valence-electron chi connectivity index (χ1n) is 9.69. The maximum atomic E-state index is 12.5. The zero-order valence-corrected chi connectivity index (χ0v) is 19.7. The van der Waals surface area contributed by atoms with Gasteiger partial charge in [0.25, 0.3) is 0 Å². The molecule has 158 valence electrons. The van der Waals surface area contributed by atoms with Crippen LogP contribution in [-0.2, 0) is 11.2 Å². The van der Waals surface area contributed by atoms with Gasteiger partial charge in [0, 0.05) is 32.1 Å². The SMILES string of the molecule is CCOC(=O)c1ccccc1C1N=C(Cc2cc(Cl)ccc2Br)c2ccc(Cl)cc2O1. The summed E-state index contributed by atoms with van der Waals surface area (Å²) in [5, 5.41) is 1.20. The van der Waals surface area contributed by atoms with Gasteiger partial charge in [0.05, 0.1) is 17.9 Å². The van der Waals surface area contributed by atoms with Crippen molar-refractivity contribution in [1.29, 1.82) is 0 Å². The van der Waals surface area contributed by atoms with Gasteiger partial charge in [0.15, 0.2) is 0 Å². The summed E-state index contributed by atoms with van der Waals surface area (Å²) < 4.78 is 12.3. The fourth-order valence-electron chi connectivity index (χ4n) is 3.43. The van der Waals surface area contributed by atoms with E-state index >= 15 is 0 Å². The number of hydrogen-bond acceptors (Lipinski definition) is 4. The number of esters is 1. The Hall–Kier alpha value is -2.34. The summed E-state index contributed by atoms with van der Waals surface area (Å²) in [6.45, 7) is 2.06. The minimum absolute atomic E-state index is 0.286. The predicted octanol–water partition coefficient (Wildman–Crippen LogP) is 7.06. The summed E-state index contributed by atoms with van der Waals surface area (Å²) in [4.78, 5) is 17.4. The van der Waals surface area contributed by atoms with Crippen LogP contribution in [0.15, 0.2) is 70.1 Å². The summed E-state index contributed by atoms with van der Waals surface area (Å²) >= 11 is 16.0. The second-order valence-electron chi connectivity index (χ2n) is 6.91. The van der Waals surface area contributed by atoms with Gasteiger partial charge in [-0.05, 0) is 55.0 Å². The van der Waals surface area contributed by atoms with Crippen molar-refractivity contribution < 1.29 is 14.3 Å². The molecule has 0 aliphatic carbocycles. The number of halogens is 3. The molecule has 0 amide bonds. The first-order valence-corrected chi connectivity index (χ1v) is 11.2. The molecule has 0 bridgehead atoms. The minimum Gasteiger partial charge on any atom is -0.464 e. The van der Waals surface area contributed by atoms with Crippen LogP contribution in [0.4, 0.5) is 0 Å². The van der Waals surface area contributed by atoms with Crippen molar-refractivity contribution in [3.05, 3.63) is 97.4 Å². The molecule has 7 heteroatoms. The van der Waals surface area contributed by atoms with Crippen molar-refractivity contribution in [3.8, 4) is 5.75 Å². The van der Waals surface area contributed by atoms with Gasteiger partial charge in [0.1, 0.15) is 5.75 Å². The molecule has 1 atom stereocenters. The minimum atomic E-state index is -0.709. The molecule has 3 aromatic carbocycles. The monoisotopic (exact) mass is 517 g/mol. The molecule has 1 aliphatic rings. The highest BCUT2D eigenvalue weighted by atomic mass is 79.9. The van der Waals surface area contributed by atoms with Crippen molar-refractivity contribution >= 4 is 50.8 Å². The molecule has 0 N–H and O–H groups in total. The highest BCUT2D eigenvalue weighted by molar-refractivity contribution is 9.10. The molecular formula is C24H18BrCl2NO3. The van der Waals surface area contributed by atoms with Crippen LogP contribution in [0.5, 0.6) is 5.75 Å². The summed E-state index contributed by atoms with van der Waals surface area (Å²) in [6, 6.07) is 18.3. The normalized spacial score (nSPS) is 15.0. The number of nitrogens with zero attached hydrogens (tertiary/aromatic N) is 1. The second-order valence-corrected chi connectivity index (χ2v) is 8.63. The van der Waals surface area contributed by atoms with E-state index in [2.05, 4.69) is 15.9 Å². The number of hydrogen-bond donors (Lipinski definition) is 0. The van der Waals surface area contributed by atoms with Crippen molar-refractivity contribution in [3.63, 3.8) is 0 Å². The molecule has 4 rings (SSSR count). The molecule has 4 nitrogen and oxygen atoms in total. The molecule has 0 spiro atoms. The number of ether oxygens (including phenoxy) is 2. The van der Waals surface area contributed by atoms with Gasteiger partial charge in [-0.2, -0.15) is 0 Å². The number of aliphatic imine (C=N–C) groups is 1. The lowest BCUT2D eigenvalue weighted by Gasteiger charge is -2.26. The number of carbonyl (C=O) groups is 1. The van der Waals surface area contributed by atoms with Crippen molar-refractivity contribution in [2.45, 2.75) is 19.6 Å². The molecule has 0 saturated heterocycles. The van der Waals surface area contributed by atoms with Gasteiger partial charge in [0.2, 0.25) is 6.23 Å². The molecular weight excluding hydrogens is 501 g/mol. The first-order chi connectivity index (χ1) is 15.0. The Bertz CT molecular complexity index is 1180. The van der Waals surface area contributed by atoms with E-state index in [9.17, 15) is 4.79 Å². The highest BCUT2D eigenvalue weighted by Gasteiger charge is 2.27. The van der Waals surface area contributed by atoms with Gasteiger partial charge in [-0.25, -0.2) is 9.79 Å². The van der Waals surface area contributed by atoms with Crippen LogP contribution in [0.2, 0.25) is 10.0 Å². The summed E-state index contributed by atoms with van der Waals surface area (Å²) in [6.07, 6.45) is -0.184. The van der Waals surface area contributed by atoms with Gasteiger partial charge in [-0.15, -0.1) is 0 Å². The average molecular weight is 519 g/mol. The van der Waals surface area contributed by atoms with Crippen molar-refractivity contribution in [2.75, 3.05) is 6.61 Å². The molecule has 0 aromatic heterocycles.